The molecule has 0 bridgehead atoms. The number of carbonyl (C=O) groups is 1. The lowest BCUT2D eigenvalue weighted by molar-refractivity contribution is -0.117. The monoisotopic (exact) mass is 360 g/mol. The average Bonchev–Trinajstić information content (AvgIpc) is 2.95. The second-order valence-electron chi connectivity index (χ2n) is 6.28. The van der Waals surface area contributed by atoms with E-state index in [1.807, 2.05) is 35.2 Å². The van der Waals surface area contributed by atoms with E-state index in [1.165, 1.54) is 11.8 Å². The minimum atomic E-state index is -0.275. The van der Waals surface area contributed by atoms with Crippen LogP contribution in [-0.2, 0) is 4.79 Å². The van der Waals surface area contributed by atoms with Crippen LogP contribution in [0.25, 0.3) is 0 Å². The Morgan fingerprint density at radius 1 is 1.38 bits per heavy atom. The molecule has 1 N–H and O–H groups in total. The fourth-order valence-corrected chi connectivity index (χ4v) is 4.00. The molecule has 2 atom stereocenters. The van der Waals surface area contributed by atoms with Gasteiger partial charge >= 0.3 is 0 Å². The van der Waals surface area contributed by atoms with Crippen LogP contribution in [0.4, 0.5) is 5.95 Å². The number of carbonyl (C=O) groups excluding carboxylic acids is 1. The van der Waals surface area contributed by atoms with Gasteiger partial charge in [0.25, 0.3) is 0 Å². The standard InChI is InChI=1S/C17H17ClN4OS/c1-9-6-12-14(13(23)7-9)15(10-4-3-5-11(18)8-10)22-16(19-12)20-17(21-22)24-2/h3-5,8-9,15H,6-7H2,1-2H3,(H,19,20,21)/t9-,15+/m1/s1. The second-order valence-corrected chi connectivity index (χ2v) is 7.49. The normalized spacial score (nSPS) is 22.9. The number of halogens is 1. The van der Waals surface area contributed by atoms with E-state index >= 15 is 0 Å². The SMILES string of the molecule is CSc1nc2n(n1)[C@@H](c1cccc(Cl)c1)C1=C(C[C@@H](C)CC1=O)N2. The molecule has 0 fully saturated rings. The molecule has 0 saturated heterocycles. The molecule has 2 aromatic rings. The number of Topliss-reactive ketones (excluding diaryl/α,β-unsaturated/α-hetero) is 1. The zero-order valence-corrected chi connectivity index (χ0v) is 15.0. The molecule has 0 spiro atoms. The topological polar surface area (TPSA) is 59.8 Å². The maximum atomic E-state index is 12.8. The van der Waals surface area contributed by atoms with Gasteiger partial charge in [0.1, 0.15) is 6.04 Å². The third kappa shape index (κ3) is 2.54. The van der Waals surface area contributed by atoms with Crippen molar-refractivity contribution in [3.05, 3.63) is 46.1 Å². The summed E-state index contributed by atoms with van der Waals surface area (Å²) in [4.78, 5) is 17.3. The van der Waals surface area contributed by atoms with Gasteiger partial charge in [-0.05, 0) is 36.3 Å². The first-order valence-electron chi connectivity index (χ1n) is 7.86. The molecule has 1 aromatic carbocycles. The predicted molar refractivity (Wildman–Crippen MR) is 95.4 cm³/mol. The highest BCUT2D eigenvalue weighted by Gasteiger charge is 2.38. The van der Waals surface area contributed by atoms with Crippen LogP contribution in [0.5, 0.6) is 0 Å². The summed E-state index contributed by atoms with van der Waals surface area (Å²) >= 11 is 7.68. The molecule has 1 aliphatic carbocycles. The number of aromatic nitrogens is 3. The number of ketones is 1. The van der Waals surface area contributed by atoms with E-state index in [-0.39, 0.29) is 11.8 Å². The molecule has 0 unspecified atom stereocenters. The maximum absolute atomic E-state index is 12.8. The minimum Gasteiger partial charge on any atom is -0.328 e. The molecular formula is C17H17ClN4OS. The maximum Gasteiger partial charge on any atom is 0.227 e. The third-order valence-electron chi connectivity index (χ3n) is 4.45. The van der Waals surface area contributed by atoms with Gasteiger partial charge in [-0.15, -0.1) is 5.10 Å². The zero-order chi connectivity index (χ0) is 16.8. The summed E-state index contributed by atoms with van der Waals surface area (Å²) in [7, 11) is 0. The number of fused-ring (bicyclic) bond motifs is 1. The minimum absolute atomic E-state index is 0.174. The Bertz CT molecular complexity index is 860. The van der Waals surface area contributed by atoms with Crippen LogP contribution in [0, 0.1) is 5.92 Å². The highest BCUT2D eigenvalue weighted by Crippen LogP contribution is 2.42. The Morgan fingerprint density at radius 2 is 2.21 bits per heavy atom. The van der Waals surface area contributed by atoms with Gasteiger partial charge in [0.05, 0.1) is 0 Å². The first kappa shape index (κ1) is 15.7. The number of rotatable bonds is 2. The molecule has 4 rings (SSSR count). The van der Waals surface area contributed by atoms with Gasteiger partial charge in [0.15, 0.2) is 5.78 Å². The fraction of sp³-hybridized carbons (Fsp3) is 0.353. The van der Waals surface area contributed by atoms with Crippen LogP contribution >= 0.6 is 23.4 Å². The van der Waals surface area contributed by atoms with E-state index in [4.69, 9.17) is 11.6 Å². The Kier molecular flexibility index (Phi) is 3.89. The molecule has 7 heteroatoms. The molecule has 0 amide bonds. The van der Waals surface area contributed by atoms with Crippen LogP contribution in [0.2, 0.25) is 5.02 Å². The first-order chi connectivity index (χ1) is 11.6. The molecule has 1 aromatic heterocycles. The van der Waals surface area contributed by atoms with Gasteiger partial charge in [0.2, 0.25) is 11.1 Å². The Hall–Kier alpha value is -1.79. The number of allylic oxidation sites excluding steroid dienone is 2. The smallest absolute Gasteiger partial charge is 0.227 e. The van der Waals surface area contributed by atoms with Crippen molar-refractivity contribution in [1.82, 2.24) is 14.8 Å². The van der Waals surface area contributed by atoms with Crippen molar-refractivity contribution in [3.63, 3.8) is 0 Å². The van der Waals surface area contributed by atoms with Gasteiger partial charge in [-0.3, -0.25) is 4.79 Å². The van der Waals surface area contributed by atoms with Gasteiger partial charge < -0.3 is 5.32 Å². The Morgan fingerprint density at radius 3 is 2.96 bits per heavy atom. The predicted octanol–water partition coefficient (Wildman–Crippen LogP) is 3.92. The van der Waals surface area contributed by atoms with Crippen molar-refractivity contribution < 1.29 is 4.79 Å². The summed E-state index contributed by atoms with van der Waals surface area (Å²) in [6.45, 7) is 2.10. The zero-order valence-electron chi connectivity index (χ0n) is 13.4. The van der Waals surface area contributed by atoms with Crippen LogP contribution in [0.1, 0.15) is 31.4 Å². The molecular weight excluding hydrogens is 344 g/mol. The van der Waals surface area contributed by atoms with E-state index in [0.717, 1.165) is 23.3 Å². The highest BCUT2D eigenvalue weighted by molar-refractivity contribution is 7.98. The number of benzene rings is 1. The summed E-state index contributed by atoms with van der Waals surface area (Å²) < 4.78 is 1.81. The summed E-state index contributed by atoms with van der Waals surface area (Å²) in [6.07, 6.45) is 3.35. The number of thioether (sulfide) groups is 1. The first-order valence-corrected chi connectivity index (χ1v) is 9.46. The Labute approximate surface area is 149 Å². The summed E-state index contributed by atoms with van der Waals surface area (Å²) in [5.74, 6) is 1.19. The van der Waals surface area contributed by atoms with Gasteiger partial charge in [-0.2, -0.15) is 4.98 Å². The lowest BCUT2D eigenvalue weighted by Gasteiger charge is -2.34. The molecule has 0 saturated carbocycles. The quantitative estimate of drug-likeness (QED) is 0.822. The van der Waals surface area contributed by atoms with Crippen LogP contribution in [-0.4, -0.2) is 26.8 Å². The number of nitrogens with one attached hydrogen (secondary N) is 1. The van der Waals surface area contributed by atoms with E-state index in [0.29, 0.717) is 28.5 Å². The second kappa shape index (κ2) is 5.93. The molecule has 5 nitrogen and oxygen atoms in total. The fourth-order valence-electron chi connectivity index (χ4n) is 3.46. The molecule has 1 aliphatic heterocycles. The van der Waals surface area contributed by atoms with Crippen molar-refractivity contribution in [3.8, 4) is 0 Å². The lowest BCUT2D eigenvalue weighted by Crippen LogP contribution is -2.33. The molecule has 2 aliphatic rings. The summed E-state index contributed by atoms with van der Waals surface area (Å²) in [5, 5.41) is 9.24. The number of hydrogen-bond donors (Lipinski definition) is 1. The molecule has 24 heavy (non-hydrogen) atoms. The lowest BCUT2D eigenvalue weighted by atomic mass is 9.81. The highest BCUT2D eigenvalue weighted by atomic mass is 35.5. The van der Waals surface area contributed by atoms with Crippen molar-refractivity contribution >= 4 is 35.1 Å². The van der Waals surface area contributed by atoms with Crippen LogP contribution in [0.15, 0.2) is 40.7 Å². The van der Waals surface area contributed by atoms with Crippen molar-refractivity contribution in [2.75, 3.05) is 11.6 Å². The van der Waals surface area contributed by atoms with E-state index < -0.39 is 0 Å². The van der Waals surface area contributed by atoms with E-state index in [1.54, 1.807) is 0 Å². The van der Waals surface area contributed by atoms with Crippen LogP contribution < -0.4 is 5.32 Å². The molecule has 124 valence electrons. The number of anilines is 1. The average molecular weight is 361 g/mol. The van der Waals surface area contributed by atoms with Crippen molar-refractivity contribution in [2.24, 2.45) is 5.92 Å². The Balaban J connectivity index is 1.92. The van der Waals surface area contributed by atoms with E-state index in [9.17, 15) is 4.79 Å². The molecule has 0 radical (unpaired) electrons. The van der Waals surface area contributed by atoms with Crippen LogP contribution in [0.3, 0.4) is 0 Å². The largest absolute Gasteiger partial charge is 0.328 e. The molecule has 2 heterocycles. The third-order valence-corrected chi connectivity index (χ3v) is 5.22. The number of hydrogen-bond acceptors (Lipinski definition) is 5. The van der Waals surface area contributed by atoms with Crippen molar-refractivity contribution in [2.45, 2.75) is 31.0 Å². The van der Waals surface area contributed by atoms with Gasteiger partial charge in [0, 0.05) is 22.7 Å². The van der Waals surface area contributed by atoms with Crippen molar-refractivity contribution in [1.29, 1.82) is 0 Å². The summed E-state index contributed by atoms with van der Waals surface area (Å²) in [5.41, 5.74) is 2.72. The van der Waals surface area contributed by atoms with Gasteiger partial charge in [-0.1, -0.05) is 42.4 Å². The van der Waals surface area contributed by atoms with Gasteiger partial charge in [-0.25, -0.2) is 4.68 Å². The summed E-state index contributed by atoms with van der Waals surface area (Å²) in [6, 6.07) is 7.35. The number of nitrogens with zero attached hydrogens (tertiary/aromatic N) is 3. The van der Waals surface area contributed by atoms with E-state index in [2.05, 4.69) is 22.3 Å².